The molecule has 0 saturated carbocycles. The number of aliphatic hydroxyl groups is 2. The van der Waals surface area contributed by atoms with Crippen LogP contribution in [-0.2, 0) is 55.8 Å². The molecule has 5 unspecified atom stereocenters. The van der Waals surface area contributed by atoms with E-state index in [1.165, 1.54) is 205 Å². The number of aliphatic hydroxyl groups excluding tert-OH is 2. The molecule has 0 amide bonds. The molecular weight excluding hydrogens is 1430 g/mol. The van der Waals surface area contributed by atoms with E-state index < -0.39 is 91.5 Å². The summed E-state index contributed by atoms with van der Waals surface area (Å²) in [5, 5.41) is 20.7. The van der Waals surface area contributed by atoms with E-state index in [0.717, 1.165) is 128 Å². The molecule has 0 saturated heterocycles. The molecule has 0 aromatic heterocycles. The van der Waals surface area contributed by atoms with Crippen LogP contribution in [0.4, 0.5) is 0 Å². The Morgan fingerprint density at radius 3 is 0.748 bits per heavy atom. The van der Waals surface area contributed by atoms with Crippen LogP contribution in [0.3, 0.4) is 0 Å². The quantitative estimate of drug-likeness (QED) is 0.0146. The predicted molar refractivity (Wildman–Crippen MR) is 463 cm³/mol. The molecule has 0 spiro atoms. The van der Waals surface area contributed by atoms with E-state index in [0.29, 0.717) is 19.3 Å². The molecule has 18 heteroatoms. The van der Waals surface area contributed by atoms with Gasteiger partial charge in [-0.1, -0.05) is 361 Å². The summed E-state index contributed by atoms with van der Waals surface area (Å²) < 4.78 is 61.3. The molecule has 5 atom stereocenters. The summed E-state index contributed by atoms with van der Waals surface area (Å²) in [5.74, 6) is -1.58. The summed E-state index contributed by atoms with van der Waals surface area (Å²) in [4.78, 5) is 58.8. The second-order valence-electron chi connectivity index (χ2n) is 30.0. The van der Waals surface area contributed by atoms with E-state index in [2.05, 4.69) is 142 Å². The van der Waals surface area contributed by atoms with Gasteiger partial charge in [0.15, 0.2) is 6.10 Å². The zero-order valence-corrected chi connectivity index (χ0v) is 72.4. The van der Waals surface area contributed by atoms with Crippen molar-refractivity contribution in [2.24, 2.45) is 0 Å². The van der Waals surface area contributed by atoms with Crippen LogP contribution in [0.5, 0.6) is 0 Å². The third-order valence-electron chi connectivity index (χ3n) is 19.1. The first-order valence-corrected chi connectivity index (χ1v) is 47.8. The molecule has 111 heavy (non-hydrogen) atoms. The van der Waals surface area contributed by atoms with Crippen LogP contribution in [-0.4, -0.2) is 95.9 Å². The van der Waals surface area contributed by atoms with E-state index >= 15 is 0 Å². The topological polar surface area (TPSA) is 231 Å². The normalized spacial score (nSPS) is 14.4. The van der Waals surface area contributed by atoms with E-state index in [-0.39, 0.29) is 19.3 Å². The Kier molecular flexibility index (Phi) is 82.2. The summed E-state index contributed by atoms with van der Waals surface area (Å²) in [6.07, 6.45) is 104. The predicted octanol–water partition coefficient (Wildman–Crippen LogP) is 27.2. The number of allylic oxidation sites excluding steroid dienone is 20. The molecule has 642 valence electrons. The average Bonchev–Trinajstić information content (AvgIpc) is 0.899. The van der Waals surface area contributed by atoms with Crippen molar-refractivity contribution in [3.8, 4) is 0 Å². The Morgan fingerprint density at radius 2 is 0.468 bits per heavy atom. The molecule has 4 N–H and O–H groups in total. The number of rotatable bonds is 85. The highest BCUT2D eigenvalue weighted by atomic mass is 31.2. The first-order chi connectivity index (χ1) is 54.2. The number of ether oxygens (including phenoxy) is 3. The maximum atomic E-state index is 13.0. The molecule has 0 aliphatic heterocycles. The fraction of sp³-hybridized carbons (Fsp3) is 0.753. The number of unbranched alkanes of at least 4 members (excludes halogenated alkanes) is 42. The number of carbonyl (C=O) groups is 3. The zero-order chi connectivity index (χ0) is 80.8. The lowest BCUT2D eigenvalue weighted by atomic mass is 10.0. The van der Waals surface area contributed by atoms with Gasteiger partial charge >= 0.3 is 33.6 Å². The highest BCUT2D eigenvalue weighted by molar-refractivity contribution is 7.47. The first-order valence-electron chi connectivity index (χ1n) is 44.8. The van der Waals surface area contributed by atoms with Gasteiger partial charge in [0.25, 0.3) is 0 Å². The van der Waals surface area contributed by atoms with Crippen molar-refractivity contribution in [2.75, 3.05) is 39.6 Å². The third kappa shape index (κ3) is 86.6. The van der Waals surface area contributed by atoms with Crippen LogP contribution in [0.2, 0.25) is 0 Å². The molecule has 0 rings (SSSR count). The van der Waals surface area contributed by atoms with Crippen LogP contribution in [0.15, 0.2) is 122 Å². The van der Waals surface area contributed by atoms with Crippen molar-refractivity contribution >= 4 is 33.6 Å². The van der Waals surface area contributed by atoms with Crippen LogP contribution in [0.25, 0.3) is 0 Å². The number of carbonyl (C=O) groups excluding carboxylic acids is 3. The van der Waals surface area contributed by atoms with Gasteiger partial charge in [-0.3, -0.25) is 32.5 Å². The molecule has 0 radical (unpaired) electrons. The molecule has 0 aromatic rings. The smallest absolute Gasteiger partial charge is 0.463 e. The molecule has 0 bridgehead atoms. The third-order valence-corrected chi connectivity index (χ3v) is 21.0. The number of phosphoric acid groups is 2. The Hall–Kier alpha value is -4.05. The summed E-state index contributed by atoms with van der Waals surface area (Å²) >= 11 is 0. The minimum atomic E-state index is -4.94. The van der Waals surface area contributed by atoms with Crippen molar-refractivity contribution in [1.82, 2.24) is 0 Å². The van der Waals surface area contributed by atoms with Gasteiger partial charge in [0.2, 0.25) is 0 Å². The van der Waals surface area contributed by atoms with Crippen molar-refractivity contribution in [1.29, 1.82) is 0 Å². The zero-order valence-electron chi connectivity index (χ0n) is 70.6. The van der Waals surface area contributed by atoms with Crippen LogP contribution >= 0.6 is 15.6 Å². The van der Waals surface area contributed by atoms with Crippen LogP contribution < -0.4 is 0 Å². The second kappa shape index (κ2) is 85.3. The number of esters is 3. The second-order valence-corrected chi connectivity index (χ2v) is 32.9. The summed E-state index contributed by atoms with van der Waals surface area (Å²) in [6.45, 7) is 2.59. The Labute approximate surface area is 678 Å². The van der Waals surface area contributed by atoms with Crippen molar-refractivity contribution < 1.29 is 75.8 Å². The highest BCUT2D eigenvalue weighted by Gasteiger charge is 2.29. The van der Waals surface area contributed by atoms with E-state index in [1.54, 1.807) is 0 Å². The van der Waals surface area contributed by atoms with Crippen molar-refractivity contribution in [2.45, 2.75) is 411 Å². The molecule has 0 heterocycles. The van der Waals surface area contributed by atoms with Crippen LogP contribution in [0, 0.1) is 0 Å². The summed E-state index contributed by atoms with van der Waals surface area (Å²) in [7, 11) is -9.80. The maximum absolute atomic E-state index is 13.0. The van der Waals surface area contributed by atoms with Crippen molar-refractivity contribution in [3.05, 3.63) is 122 Å². The van der Waals surface area contributed by atoms with Gasteiger partial charge < -0.3 is 34.2 Å². The average molecular weight is 1600 g/mol. The highest BCUT2D eigenvalue weighted by Crippen LogP contribution is 2.45. The minimum absolute atomic E-state index is 0.0886. The van der Waals surface area contributed by atoms with Gasteiger partial charge in [-0.05, 0) is 135 Å². The lowest BCUT2D eigenvalue weighted by Crippen LogP contribution is -2.30. The SMILES string of the molecule is CCC/C=C\C/C=C\CCCCCCCC(=O)OC(COC(=O)CCCCCCCCCCCCCCCCC/C=C\C/C=C\C/C=C\C/C=C\CCCCC)COP(=O)(O)OCC(O)COP(=O)(O)OCC(O)COC(=O)CCCCCCCCCCCCCCCCC/C=C\C/C=C\C/C=C\C/C=C\CCCCC. The molecular formula is C93H164O16P2. The molecule has 0 aliphatic carbocycles. The monoisotopic (exact) mass is 1600 g/mol. The summed E-state index contributed by atoms with van der Waals surface area (Å²) in [5.41, 5.74) is 0. The fourth-order valence-electron chi connectivity index (χ4n) is 12.3. The Morgan fingerprint density at radius 1 is 0.252 bits per heavy atom. The van der Waals surface area contributed by atoms with Crippen molar-refractivity contribution in [3.63, 3.8) is 0 Å². The Balaban J connectivity index is 4.42. The van der Waals surface area contributed by atoms with Gasteiger partial charge in [0, 0.05) is 19.3 Å². The van der Waals surface area contributed by atoms with Gasteiger partial charge in [0.1, 0.15) is 25.4 Å². The standard InChI is InChI=1S/C93H164O16P2/c1-4-7-10-13-16-19-22-25-27-29-31-33-35-37-39-41-43-45-47-49-51-53-55-57-59-62-64-67-70-73-76-79-91(96)103-82-88(94)83-105-110(99,100)106-84-89(95)85-107-111(101,102)108-87-90(109-93(98)81-78-75-72-69-66-61-24-21-18-15-12-9-6-3)86-104-92(97)80-77-74-71-68-65-63-60-58-56-54-52-50-48-46-44-42-40-38-36-34-32-30-28-26-23-20-17-14-11-8-5-2/h12,15-17,19-21,24-28,31-34,37-40,88-90,94-95H,4-11,13-14,18,22-23,29-30,35-36,41-87H2,1-3H3,(H,99,100)(H,101,102)/b15-12-,19-16-,20-17-,24-21-,27-25-,28-26-,33-31-,34-32-,39-37-,40-38-. The lowest BCUT2D eigenvalue weighted by Gasteiger charge is -2.21. The lowest BCUT2D eigenvalue weighted by molar-refractivity contribution is -0.161. The Bertz CT molecular complexity index is 2500. The molecule has 0 aliphatic rings. The number of hydrogen-bond acceptors (Lipinski definition) is 14. The van der Waals surface area contributed by atoms with E-state index in [1.807, 2.05) is 0 Å². The van der Waals surface area contributed by atoms with Gasteiger partial charge in [-0.2, -0.15) is 0 Å². The van der Waals surface area contributed by atoms with E-state index in [4.69, 9.17) is 32.3 Å². The van der Waals surface area contributed by atoms with E-state index in [9.17, 15) is 43.5 Å². The van der Waals surface area contributed by atoms with Gasteiger partial charge in [-0.15, -0.1) is 0 Å². The van der Waals surface area contributed by atoms with Gasteiger partial charge in [-0.25, -0.2) is 9.13 Å². The molecule has 16 nitrogen and oxygen atoms in total. The largest absolute Gasteiger partial charge is 0.472 e. The first kappa shape index (κ1) is 107. The number of phosphoric ester groups is 2. The summed E-state index contributed by atoms with van der Waals surface area (Å²) in [6, 6.07) is 0. The van der Waals surface area contributed by atoms with Gasteiger partial charge in [0.05, 0.1) is 26.4 Å². The fourth-order valence-corrected chi connectivity index (χ4v) is 13.9. The van der Waals surface area contributed by atoms with Crippen LogP contribution in [0.1, 0.15) is 393 Å². The minimum Gasteiger partial charge on any atom is -0.463 e. The number of hydrogen-bond donors (Lipinski definition) is 4. The maximum Gasteiger partial charge on any atom is 0.472 e. The molecule has 0 aromatic carbocycles. The molecule has 0 fully saturated rings.